The molecule has 1 fully saturated rings. The molecule has 2 N–H and O–H groups in total. The van der Waals surface area contributed by atoms with Crippen molar-refractivity contribution in [1.29, 1.82) is 0 Å². The summed E-state index contributed by atoms with van der Waals surface area (Å²) in [7, 11) is 3.36. The van der Waals surface area contributed by atoms with Gasteiger partial charge in [0.25, 0.3) is 0 Å². The summed E-state index contributed by atoms with van der Waals surface area (Å²) in [5, 5.41) is 0. The van der Waals surface area contributed by atoms with Crippen LogP contribution in [0.15, 0.2) is 18.2 Å². The van der Waals surface area contributed by atoms with Gasteiger partial charge in [0.05, 0.1) is 14.2 Å². The fraction of sp³-hybridized carbons (Fsp3) is 0.647. The number of hydrogen-bond acceptors (Lipinski definition) is 4. The Balaban J connectivity index is 2.21. The molecule has 0 aromatic heterocycles. The largest absolute Gasteiger partial charge is 0.497 e. The molecule has 21 heavy (non-hydrogen) atoms. The van der Waals surface area contributed by atoms with Crippen molar-refractivity contribution < 1.29 is 9.47 Å². The van der Waals surface area contributed by atoms with Crippen LogP contribution in [0.5, 0.6) is 11.5 Å². The van der Waals surface area contributed by atoms with E-state index in [4.69, 9.17) is 15.2 Å². The standard InChI is InChI=1S/C17H28N2O2/c1-12(2)13-5-6-19(11-13)17(10-18)14-7-15(20-3)9-16(8-14)21-4/h7-9,12-13,17H,5-6,10-11,18H2,1-4H3. The zero-order valence-corrected chi connectivity index (χ0v) is 13.6. The molecule has 4 heteroatoms. The van der Waals surface area contributed by atoms with E-state index < -0.39 is 0 Å². The molecule has 4 nitrogen and oxygen atoms in total. The lowest BCUT2D eigenvalue weighted by atomic mass is 9.95. The van der Waals surface area contributed by atoms with E-state index in [-0.39, 0.29) is 6.04 Å². The third-order valence-corrected chi connectivity index (χ3v) is 4.62. The van der Waals surface area contributed by atoms with Crippen LogP contribution in [-0.4, -0.2) is 38.8 Å². The fourth-order valence-corrected chi connectivity index (χ4v) is 3.16. The summed E-state index contributed by atoms with van der Waals surface area (Å²) in [6, 6.07) is 6.28. The number of benzene rings is 1. The molecule has 0 aliphatic carbocycles. The molecule has 1 aromatic carbocycles. The van der Waals surface area contributed by atoms with E-state index in [0.717, 1.165) is 36.4 Å². The van der Waals surface area contributed by atoms with Gasteiger partial charge in [-0.2, -0.15) is 0 Å². The Morgan fingerprint density at radius 3 is 2.24 bits per heavy atom. The van der Waals surface area contributed by atoms with E-state index in [9.17, 15) is 0 Å². The molecule has 0 saturated carbocycles. The summed E-state index contributed by atoms with van der Waals surface area (Å²) in [6.07, 6.45) is 1.26. The molecule has 1 aromatic rings. The lowest BCUT2D eigenvalue weighted by molar-refractivity contribution is 0.231. The Labute approximate surface area is 128 Å². The van der Waals surface area contributed by atoms with Crippen LogP contribution in [0.3, 0.4) is 0 Å². The third-order valence-electron chi connectivity index (χ3n) is 4.62. The number of ether oxygens (including phenoxy) is 2. The smallest absolute Gasteiger partial charge is 0.122 e. The minimum Gasteiger partial charge on any atom is -0.497 e. The molecule has 0 bridgehead atoms. The lowest BCUT2D eigenvalue weighted by Crippen LogP contribution is -2.32. The van der Waals surface area contributed by atoms with Crippen LogP contribution in [0.1, 0.15) is 31.9 Å². The molecule has 1 aliphatic rings. The molecular weight excluding hydrogens is 264 g/mol. The first-order chi connectivity index (χ1) is 10.1. The highest BCUT2D eigenvalue weighted by atomic mass is 16.5. The van der Waals surface area contributed by atoms with E-state index in [1.54, 1.807) is 14.2 Å². The van der Waals surface area contributed by atoms with Crippen LogP contribution in [-0.2, 0) is 0 Å². The van der Waals surface area contributed by atoms with Gasteiger partial charge in [0.1, 0.15) is 11.5 Å². The summed E-state index contributed by atoms with van der Waals surface area (Å²) in [5.74, 6) is 3.14. The van der Waals surface area contributed by atoms with Gasteiger partial charge in [-0.1, -0.05) is 13.8 Å². The molecular formula is C17H28N2O2. The average Bonchev–Trinajstić information content (AvgIpc) is 2.97. The number of nitrogens with two attached hydrogens (primary N) is 1. The second kappa shape index (κ2) is 7.14. The van der Waals surface area contributed by atoms with Crippen LogP contribution < -0.4 is 15.2 Å². The zero-order valence-electron chi connectivity index (χ0n) is 13.6. The van der Waals surface area contributed by atoms with Crippen molar-refractivity contribution in [1.82, 2.24) is 4.90 Å². The Bertz CT molecular complexity index is 440. The lowest BCUT2D eigenvalue weighted by Gasteiger charge is -2.28. The second-order valence-corrected chi connectivity index (χ2v) is 6.19. The SMILES string of the molecule is COc1cc(OC)cc(C(CN)N2CCC(C(C)C)C2)c1. The van der Waals surface area contributed by atoms with Crippen LogP contribution in [0.2, 0.25) is 0 Å². The number of nitrogens with zero attached hydrogens (tertiary/aromatic N) is 1. The maximum absolute atomic E-state index is 6.07. The minimum atomic E-state index is 0.234. The first kappa shape index (κ1) is 16.1. The predicted molar refractivity (Wildman–Crippen MR) is 85.9 cm³/mol. The Hall–Kier alpha value is -1.26. The molecule has 0 spiro atoms. The van der Waals surface area contributed by atoms with Crippen molar-refractivity contribution in [2.45, 2.75) is 26.3 Å². The molecule has 2 rings (SSSR count). The van der Waals surface area contributed by atoms with Gasteiger partial charge < -0.3 is 15.2 Å². The molecule has 2 unspecified atom stereocenters. The Morgan fingerprint density at radius 1 is 1.19 bits per heavy atom. The Morgan fingerprint density at radius 2 is 1.81 bits per heavy atom. The molecule has 1 heterocycles. The van der Waals surface area contributed by atoms with Gasteiger partial charge >= 0.3 is 0 Å². The molecule has 118 valence electrons. The molecule has 2 atom stereocenters. The van der Waals surface area contributed by atoms with Gasteiger partial charge in [-0.15, -0.1) is 0 Å². The number of likely N-dealkylation sites (tertiary alicyclic amines) is 1. The zero-order chi connectivity index (χ0) is 15.4. The summed E-state index contributed by atoms with van der Waals surface area (Å²) >= 11 is 0. The normalized spacial score (nSPS) is 20.8. The van der Waals surface area contributed by atoms with Crippen molar-refractivity contribution in [2.75, 3.05) is 33.9 Å². The number of methoxy groups -OCH3 is 2. The molecule has 1 aliphatic heterocycles. The number of rotatable bonds is 6. The van der Waals surface area contributed by atoms with E-state index in [1.165, 1.54) is 12.0 Å². The monoisotopic (exact) mass is 292 g/mol. The van der Waals surface area contributed by atoms with Crippen LogP contribution >= 0.6 is 0 Å². The van der Waals surface area contributed by atoms with Crippen molar-refractivity contribution in [3.63, 3.8) is 0 Å². The Kier molecular flexibility index (Phi) is 5.48. The fourth-order valence-electron chi connectivity index (χ4n) is 3.16. The summed E-state index contributed by atoms with van der Waals surface area (Å²) in [5.41, 5.74) is 7.24. The van der Waals surface area contributed by atoms with Crippen LogP contribution in [0.4, 0.5) is 0 Å². The topological polar surface area (TPSA) is 47.7 Å². The van der Waals surface area contributed by atoms with E-state index in [2.05, 4.69) is 30.9 Å². The molecule has 1 saturated heterocycles. The summed E-state index contributed by atoms with van der Waals surface area (Å²) < 4.78 is 10.7. The first-order valence-electron chi connectivity index (χ1n) is 7.76. The minimum absolute atomic E-state index is 0.234. The average molecular weight is 292 g/mol. The number of hydrogen-bond donors (Lipinski definition) is 1. The van der Waals surface area contributed by atoms with Gasteiger partial charge in [-0.25, -0.2) is 0 Å². The van der Waals surface area contributed by atoms with Crippen molar-refractivity contribution in [2.24, 2.45) is 17.6 Å². The van der Waals surface area contributed by atoms with Gasteiger partial charge in [0, 0.05) is 25.2 Å². The van der Waals surface area contributed by atoms with Gasteiger partial charge in [-0.05, 0) is 42.5 Å². The van der Waals surface area contributed by atoms with E-state index in [0.29, 0.717) is 6.54 Å². The molecule has 0 amide bonds. The maximum atomic E-state index is 6.07. The predicted octanol–water partition coefficient (Wildman–Crippen LogP) is 2.68. The quantitative estimate of drug-likeness (QED) is 0.875. The van der Waals surface area contributed by atoms with Crippen LogP contribution in [0, 0.1) is 11.8 Å². The van der Waals surface area contributed by atoms with Gasteiger partial charge in [0.2, 0.25) is 0 Å². The third kappa shape index (κ3) is 3.69. The van der Waals surface area contributed by atoms with Crippen molar-refractivity contribution in [3.8, 4) is 11.5 Å². The maximum Gasteiger partial charge on any atom is 0.122 e. The first-order valence-corrected chi connectivity index (χ1v) is 7.76. The summed E-state index contributed by atoms with van der Waals surface area (Å²) in [6.45, 7) is 7.46. The van der Waals surface area contributed by atoms with Crippen molar-refractivity contribution in [3.05, 3.63) is 23.8 Å². The highest BCUT2D eigenvalue weighted by Gasteiger charge is 2.30. The van der Waals surface area contributed by atoms with Gasteiger partial charge in [-0.3, -0.25) is 4.90 Å². The second-order valence-electron chi connectivity index (χ2n) is 6.19. The van der Waals surface area contributed by atoms with E-state index >= 15 is 0 Å². The van der Waals surface area contributed by atoms with Crippen LogP contribution in [0.25, 0.3) is 0 Å². The highest BCUT2D eigenvalue weighted by molar-refractivity contribution is 5.40. The van der Waals surface area contributed by atoms with Gasteiger partial charge in [0.15, 0.2) is 0 Å². The summed E-state index contributed by atoms with van der Waals surface area (Å²) in [4.78, 5) is 2.50. The molecule has 0 radical (unpaired) electrons. The highest BCUT2D eigenvalue weighted by Crippen LogP contribution is 2.33. The van der Waals surface area contributed by atoms with E-state index in [1.807, 2.05) is 6.07 Å². The van der Waals surface area contributed by atoms with Crippen molar-refractivity contribution >= 4 is 0 Å².